The molecule has 0 spiro atoms. The molecule has 0 radical (unpaired) electrons. The van der Waals surface area contributed by atoms with Crippen molar-refractivity contribution in [1.29, 1.82) is 0 Å². The molecule has 2 atom stereocenters. The van der Waals surface area contributed by atoms with Gasteiger partial charge in [0.1, 0.15) is 5.75 Å². The third-order valence-electron chi connectivity index (χ3n) is 6.95. The zero-order valence-electron chi connectivity index (χ0n) is 22.6. The molecule has 0 aliphatic heterocycles. The molecule has 0 aliphatic rings. The number of alkyl halides is 4. The summed E-state index contributed by atoms with van der Waals surface area (Å²) in [5.41, 5.74) is -4.88. The molecule has 4 rings (SSSR count). The van der Waals surface area contributed by atoms with Gasteiger partial charge in [-0.25, -0.2) is 4.57 Å². The Bertz CT molecular complexity index is 1720. The molecule has 4 aromatic rings. The van der Waals surface area contributed by atoms with E-state index in [1.807, 2.05) is 0 Å². The van der Waals surface area contributed by atoms with Crippen LogP contribution in [0.2, 0.25) is 0 Å². The van der Waals surface area contributed by atoms with E-state index in [0.29, 0.717) is 22.3 Å². The largest absolute Gasteiger partial charge is 0.442 e. The van der Waals surface area contributed by atoms with Crippen molar-refractivity contribution in [2.75, 3.05) is 0 Å². The van der Waals surface area contributed by atoms with Crippen molar-refractivity contribution in [2.45, 2.75) is 30.1 Å². The van der Waals surface area contributed by atoms with Gasteiger partial charge in [-0.1, -0.05) is 91.0 Å². The van der Waals surface area contributed by atoms with Crippen LogP contribution in [0.25, 0.3) is 0 Å². The van der Waals surface area contributed by atoms with Gasteiger partial charge in [0.2, 0.25) is 0 Å². The number of rotatable bonds is 12. The Labute approximate surface area is 258 Å². The molecule has 2 unspecified atom stereocenters. The van der Waals surface area contributed by atoms with Crippen LogP contribution in [0.5, 0.6) is 5.75 Å². The van der Waals surface area contributed by atoms with Gasteiger partial charge in [-0.15, -0.1) is 0 Å². The predicted molar refractivity (Wildman–Crippen MR) is 159 cm³/mol. The molecular formula is C30H25BrF4O7P2. The van der Waals surface area contributed by atoms with Gasteiger partial charge in [0.05, 0.1) is 9.89 Å². The quantitative estimate of drug-likeness (QED) is 0.0771. The maximum Gasteiger partial charge on any atom is 0.442 e. The number of hydrogen-bond donors (Lipinski definition) is 3. The first-order valence-electron chi connectivity index (χ1n) is 12.8. The van der Waals surface area contributed by atoms with E-state index < -0.39 is 38.0 Å². The van der Waals surface area contributed by atoms with Crippen molar-refractivity contribution in [2.24, 2.45) is 0 Å². The molecule has 0 saturated heterocycles. The summed E-state index contributed by atoms with van der Waals surface area (Å²) in [5, 5.41) is 0. The molecule has 0 bridgehead atoms. The fourth-order valence-corrected chi connectivity index (χ4v) is 6.42. The molecular weight excluding hydrogens is 690 g/mol. The lowest BCUT2D eigenvalue weighted by atomic mass is 9.67. The zero-order chi connectivity index (χ0) is 32.3. The van der Waals surface area contributed by atoms with Crippen LogP contribution in [-0.4, -0.2) is 26.6 Å². The Morgan fingerprint density at radius 3 is 1.82 bits per heavy atom. The lowest BCUT2D eigenvalue weighted by Crippen LogP contribution is -2.40. The molecule has 14 heteroatoms. The van der Waals surface area contributed by atoms with Crippen molar-refractivity contribution in [3.05, 3.63) is 135 Å². The number of ketones is 1. The minimum atomic E-state index is -5.80. The second kappa shape index (κ2) is 13.1. The van der Waals surface area contributed by atoms with Gasteiger partial charge >= 0.3 is 27.0 Å². The number of carbonyl (C=O) groups is 1. The number of benzene rings is 4. The lowest BCUT2D eigenvalue weighted by molar-refractivity contribution is 0.0564. The zero-order valence-corrected chi connectivity index (χ0v) is 25.9. The second-order valence-corrected chi connectivity index (χ2v) is 14.2. The highest BCUT2D eigenvalue weighted by Gasteiger charge is 2.50. The third kappa shape index (κ3) is 7.23. The first-order chi connectivity index (χ1) is 20.6. The molecule has 0 fully saturated rings. The van der Waals surface area contributed by atoms with E-state index in [4.69, 9.17) is 9.79 Å². The van der Waals surface area contributed by atoms with Crippen LogP contribution >= 0.6 is 31.1 Å². The fourth-order valence-electron chi connectivity index (χ4n) is 4.78. The van der Waals surface area contributed by atoms with Crippen molar-refractivity contribution >= 4 is 36.9 Å². The summed E-state index contributed by atoms with van der Waals surface area (Å²) in [6.07, 6.45) is -3.67. The van der Waals surface area contributed by atoms with Crippen LogP contribution < -0.4 is 4.52 Å². The standard InChI is InChI=1S/C30H25BrF4O7P2/c31-25-17-21(13-16-26(25)42-43(37,38)28(32)33)19-29(23-9-5-2-6-10-23,27(36)22-7-3-1-4-8-22)18-20-11-14-24(15-12-20)30(34,35)44(39,40)41/h1-17,28H,18-19H2,(H,37,38)(H2,39,40,41). The summed E-state index contributed by atoms with van der Waals surface area (Å²) in [6, 6.07) is 25.5. The maximum absolute atomic E-state index is 14.4. The average molecular weight is 715 g/mol. The Hall–Kier alpha value is -3.11. The summed E-state index contributed by atoms with van der Waals surface area (Å²) in [4.78, 5) is 42.2. The molecule has 0 aromatic heterocycles. The molecule has 0 heterocycles. The fraction of sp³-hybridized carbons (Fsp3) is 0.167. The van der Waals surface area contributed by atoms with Gasteiger partial charge in [0.15, 0.2) is 5.78 Å². The van der Waals surface area contributed by atoms with E-state index in [1.165, 1.54) is 30.3 Å². The van der Waals surface area contributed by atoms with E-state index >= 15 is 0 Å². The van der Waals surface area contributed by atoms with Crippen LogP contribution in [0, 0.1) is 0 Å². The highest BCUT2D eigenvalue weighted by molar-refractivity contribution is 9.10. The summed E-state index contributed by atoms with van der Waals surface area (Å²) >= 11 is 3.18. The second-order valence-electron chi connectivity index (χ2n) is 9.98. The summed E-state index contributed by atoms with van der Waals surface area (Å²) in [6.45, 7) is 0. The summed E-state index contributed by atoms with van der Waals surface area (Å²) in [7, 11) is -11.1. The average Bonchev–Trinajstić information content (AvgIpc) is 2.98. The van der Waals surface area contributed by atoms with Gasteiger partial charge in [-0.3, -0.25) is 9.36 Å². The molecule has 0 amide bonds. The smallest absolute Gasteiger partial charge is 0.420 e. The van der Waals surface area contributed by atoms with E-state index in [9.17, 15) is 36.4 Å². The Morgan fingerprint density at radius 1 is 0.773 bits per heavy atom. The summed E-state index contributed by atoms with van der Waals surface area (Å²) < 4.78 is 82.5. The molecule has 0 saturated carbocycles. The molecule has 7 nitrogen and oxygen atoms in total. The minimum Gasteiger partial charge on any atom is -0.420 e. The van der Waals surface area contributed by atoms with Gasteiger partial charge < -0.3 is 19.2 Å². The first-order valence-corrected chi connectivity index (χ1v) is 16.9. The minimum absolute atomic E-state index is 0.00432. The Kier molecular flexibility index (Phi) is 10.0. The van der Waals surface area contributed by atoms with E-state index in [-0.39, 0.29) is 28.8 Å². The van der Waals surface area contributed by atoms with Crippen LogP contribution in [0.4, 0.5) is 17.6 Å². The van der Waals surface area contributed by atoms with Crippen molar-refractivity contribution in [3.63, 3.8) is 0 Å². The lowest BCUT2D eigenvalue weighted by Gasteiger charge is -2.34. The van der Waals surface area contributed by atoms with Crippen molar-refractivity contribution in [3.8, 4) is 5.75 Å². The summed E-state index contributed by atoms with van der Waals surface area (Å²) in [5.74, 6) is -0.649. The molecule has 232 valence electrons. The number of hydrogen-bond acceptors (Lipinski definition) is 4. The first kappa shape index (κ1) is 33.8. The van der Waals surface area contributed by atoms with Gasteiger partial charge in [0.25, 0.3) is 0 Å². The van der Waals surface area contributed by atoms with E-state index in [1.54, 1.807) is 60.7 Å². The highest BCUT2D eigenvalue weighted by Crippen LogP contribution is 2.59. The highest BCUT2D eigenvalue weighted by atomic mass is 79.9. The van der Waals surface area contributed by atoms with Gasteiger partial charge in [-0.2, -0.15) is 17.6 Å². The normalized spacial score (nSPS) is 14.9. The number of carbonyl (C=O) groups excluding carboxylic acids is 1. The third-order valence-corrected chi connectivity index (χ3v) is 9.51. The van der Waals surface area contributed by atoms with Gasteiger partial charge in [-0.05, 0) is 57.6 Å². The van der Waals surface area contributed by atoms with Crippen LogP contribution in [0.1, 0.15) is 32.6 Å². The SMILES string of the molecule is O=C(c1ccccc1)C(Cc1ccc(C(F)(F)P(=O)(O)O)cc1)(Cc1ccc(OP(=O)(O)C(F)F)c(Br)c1)c1ccccc1. The van der Waals surface area contributed by atoms with Gasteiger partial charge in [0, 0.05) is 11.1 Å². The Balaban J connectivity index is 1.84. The number of Topliss-reactive ketones (excluding diaryl/α,β-unsaturated/α-hetero) is 1. The molecule has 0 aliphatic carbocycles. The predicted octanol–water partition coefficient (Wildman–Crippen LogP) is 8.07. The molecule has 3 N–H and O–H groups in total. The van der Waals surface area contributed by atoms with Crippen molar-refractivity contribution in [1.82, 2.24) is 0 Å². The molecule has 44 heavy (non-hydrogen) atoms. The van der Waals surface area contributed by atoms with Crippen molar-refractivity contribution < 1.29 is 50.7 Å². The Morgan fingerprint density at radius 2 is 1.30 bits per heavy atom. The van der Waals surface area contributed by atoms with Crippen LogP contribution in [0.15, 0.2) is 108 Å². The van der Waals surface area contributed by atoms with Crippen LogP contribution in [0.3, 0.4) is 0 Å². The van der Waals surface area contributed by atoms with Crippen LogP contribution in [-0.2, 0) is 33.1 Å². The monoisotopic (exact) mass is 714 g/mol. The maximum atomic E-state index is 14.4. The molecule has 4 aromatic carbocycles. The van der Waals surface area contributed by atoms with E-state index in [2.05, 4.69) is 20.5 Å². The topological polar surface area (TPSA) is 121 Å². The number of halogens is 5. The van der Waals surface area contributed by atoms with E-state index in [0.717, 1.165) is 12.1 Å².